The smallest absolute Gasteiger partial charge is 0.807 e. The maximum absolute atomic E-state index is 11.8. The van der Waals surface area contributed by atoms with E-state index in [0.717, 1.165) is 117 Å². The van der Waals surface area contributed by atoms with Gasteiger partial charge in [-0.05, 0) is 205 Å². The average Bonchev–Trinajstić information content (AvgIpc) is 0.837. The second-order valence-corrected chi connectivity index (χ2v) is 47.4. The zero-order valence-corrected chi connectivity index (χ0v) is 103. The Morgan fingerprint density at radius 3 is 0.693 bits per heavy atom. The SMILES string of the molecule is Brc1ccc(/C=C/C2(/C=C/c3ccc(Br)cc3)OCCCO2)cc1.C[C-](C)C.ClP(Cl)Cl.ClP(Cl)c1ccc(/C=C/C2(/C=C/c3ccc(P(Cl)Cl)cc3)OCCCO2)cc1.O=C(/C=C/c1ccc(Br)cc1)/C=C/c1ccc(Br)cc1.O=C(/C=C/c1ccc(P(=O)([O-])[O-])cc1)/C=C/c1ccc(P(=O)([O-])[O-])cc1.OCCCO.[H+].[Li+].[Li+].[Li+].[Na+].[Na+].[Na+].[Na+].[c-]1ccc(/C=C/C2(/C=C/c3cc[c-]cc3)OCCCO2)cc1. The topological polar surface area (TPSA) is 256 Å². The fourth-order valence-electron chi connectivity index (χ4n) is 10.9. The van der Waals surface area contributed by atoms with E-state index in [1.165, 1.54) is 54.5 Å². The maximum atomic E-state index is 11.8. The molecule has 3 saturated heterocycles. The molecule has 0 aliphatic carbocycles. The van der Waals surface area contributed by atoms with Crippen LogP contribution >= 0.6 is 177 Å². The molecule has 10 aromatic carbocycles. The monoisotopic (exact) mass is 2390 g/mol. The van der Waals surface area contributed by atoms with Crippen molar-refractivity contribution in [1.29, 1.82) is 0 Å². The quantitative estimate of drug-likeness (QED) is 0.0305. The third-order valence-corrected chi connectivity index (χ3v) is 25.2. The Morgan fingerprint density at radius 1 is 0.350 bits per heavy atom. The van der Waals surface area contributed by atoms with Crippen molar-refractivity contribution >= 4 is 270 Å². The summed E-state index contributed by atoms with van der Waals surface area (Å²) in [6.07, 6.45) is 39.1. The average molecular weight is 2400 g/mol. The molecule has 3 heterocycles. The first-order valence-corrected chi connectivity index (χ1v) is 57.4. The van der Waals surface area contributed by atoms with Gasteiger partial charge >= 0.3 is 176 Å². The van der Waals surface area contributed by atoms with Gasteiger partial charge in [0, 0.05) is 41.7 Å². The molecule has 0 spiro atoms. The number of halogens is 11. The number of aliphatic hydroxyl groups is 2. The molecule has 39 heteroatoms. The summed E-state index contributed by atoms with van der Waals surface area (Å²) in [5.74, 6) is -2.68. The van der Waals surface area contributed by atoms with Gasteiger partial charge in [0.25, 0.3) is 0 Å². The first-order chi connectivity index (χ1) is 63.6. The summed E-state index contributed by atoms with van der Waals surface area (Å²) in [5, 5.41) is 17.0. The molecule has 16 nitrogen and oxygen atoms in total. The van der Waals surface area contributed by atoms with Crippen LogP contribution in [0.15, 0.2) is 321 Å². The number of aliphatic hydroxyl groups excluding tert-OH is 2. The van der Waals surface area contributed by atoms with E-state index in [1.807, 2.05) is 243 Å². The number of hydrogen-bond acceptors (Lipinski definition) is 16. The summed E-state index contributed by atoms with van der Waals surface area (Å²) >= 11 is 52.1. The van der Waals surface area contributed by atoms with Crippen molar-refractivity contribution in [2.24, 2.45) is 0 Å². The molecule has 0 amide bonds. The number of ether oxygens (including phenoxy) is 6. The Bertz CT molecular complexity index is 5220. The number of allylic oxidation sites excluding steroid dienone is 4. The van der Waals surface area contributed by atoms with Crippen molar-refractivity contribution in [3.05, 3.63) is 395 Å². The minimum absolute atomic E-state index is 0. The molecule has 0 aromatic heterocycles. The molecule has 0 bridgehead atoms. The van der Waals surface area contributed by atoms with E-state index < -0.39 is 51.8 Å². The third kappa shape index (κ3) is 62.2. The molecule has 0 radical (unpaired) electrons. The van der Waals surface area contributed by atoms with Crippen molar-refractivity contribution in [3.8, 4) is 0 Å². The molecule has 2 N–H and O–H groups in total. The first kappa shape index (κ1) is 142. The number of ketones is 2. The van der Waals surface area contributed by atoms with E-state index in [0.29, 0.717) is 57.2 Å². The molecular formula is C101H96Br4Cl7Li3Na4O16P5+. The van der Waals surface area contributed by atoms with Gasteiger partial charge in [-0.1, -0.05) is 349 Å². The van der Waals surface area contributed by atoms with Gasteiger partial charge in [-0.2, -0.15) is 81.4 Å². The fourth-order valence-corrected chi connectivity index (χ4v) is 15.0. The molecule has 704 valence electrons. The third-order valence-electron chi connectivity index (χ3n) is 17.5. The molecule has 0 unspecified atom stereocenters. The maximum Gasteiger partial charge on any atom is 1.00 e. The number of carbonyl (C=O) groups excluding carboxylic acids is 2. The van der Waals surface area contributed by atoms with Gasteiger partial charge in [0.2, 0.25) is 17.4 Å². The Labute approximate surface area is 1020 Å². The van der Waals surface area contributed by atoms with Gasteiger partial charge in [-0.25, -0.2) is 0 Å². The van der Waals surface area contributed by atoms with E-state index >= 15 is 0 Å². The van der Waals surface area contributed by atoms with Crippen molar-refractivity contribution in [2.75, 3.05) is 52.9 Å². The molecule has 13 rings (SSSR count). The molecule has 3 aliphatic heterocycles. The van der Waals surface area contributed by atoms with Crippen LogP contribution in [0.2, 0.25) is 0 Å². The van der Waals surface area contributed by atoms with Crippen LogP contribution in [0.4, 0.5) is 0 Å². The van der Waals surface area contributed by atoms with Crippen LogP contribution in [0.5, 0.6) is 0 Å². The zero-order valence-electron chi connectivity index (χ0n) is 80.1. The Kier molecular flexibility index (Phi) is 81.0. The molecule has 0 saturated carbocycles. The summed E-state index contributed by atoms with van der Waals surface area (Å²) in [7, 11) is -9.59. The van der Waals surface area contributed by atoms with E-state index in [2.05, 4.69) is 121 Å². The number of carbonyl (C=O) groups is 2. The normalized spacial score (nSPS) is 14.1. The second-order valence-electron chi connectivity index (χ2n) is 28.6. The summed E-state index contributed by atoms with van der Waals surface area (Å²) in [4.78, 5) is 66.9. The first-order valence-electron chi connectivity index (χ1n) is 40.7. The molecule has 140 heavy (non-hydrogen) atoms. The van der Waals surface area contributed by atoms with E-state index in [1.54, 1.807) is 24.3 Å². The van der Waals surface area contributed by atoms with Gasteiger partial charge < -0.3 is 73.3 Å². The van der Waals surface area contributed by atoms with Crippen molar-refractivity contribution in [1.82, 2.24) is 0 Å². The van der Waals surface area contributed by atoms with Gasteiger partial charge in [-0.15, -0.1) is 11.1 Å². The van der Waals surface area contributed by atoms with Crippen LogP contribution in [-0.2, 0) is 47.1 Å². The predicted octanol–water partition coefficient (Wildman–Crippen LogP) is 5.21. The van der Waals surface area contributed by atoms with Crippen LogP contribution in [0, 0.1) is 18.1 Å². The van der Waals surface area contributed by atoms with Crippen molar-refractivity contribution in [2.45, 2.75) is 63.8 Å². The molecule has 0 atom stereocenters. The molecule has 3 fully saturated rings. The molecule has 3 aliphatic rings. The van der Waals surface area contributed by atoms with E-state index in [9.17, 15) is 38.3 Å². The number of hydrogen-bond donors (Lipinski definition) is 2. The fraction of sp³-hybridized carbons (Fsp3) is 0.178. The Morgan fingerprint density at radius 2 is 0.521 bits per heavy atom. The zero-order chi connectivity index (χ0) is 96.9. The van der Waals surface area contributed by atoms with Gasteiger partial charge in [0.1, 0.15) is 13.3 Å². The second kappa shape index (κ2) is 79.9. The van der Waals surface area contributed by atoms with Gasteiger partial charge in [-0.3, -0.25) is 9.59 Å². The van der Waals surface area contributed by atoms with E-state index in [-0.39, 0.29) is 212 Å². The van der Waals surface area contributed by atoms with Crippen LogP contribution in [0.1, 0.15) is 104 Å². The van der Waals surface area contributed by atoms with Gasteiger partial charge in [0.05, 0.1) is 39.6 Å². The minimum atomic E-state index is -4.79. The molecule has 10 aromatic rings. The van der Waals surface area contributed by atoms with Crippen molar-refractivity contribution < 1.29 is 253 Å². The Balaban J connectivity index is -0.00000162. The Hall–Kier alpha value is -0.0478. The summed E-state index contributed by atoms with van der Waals surface area (Å²) in [6, 6.07) is 79.3. The standard InChI is InChI=1S/C20H18Br2O2.C20H18Cl4O2P2.C20H18O2.C17H12Br2O.C17H16O7P2.C4H9.C3H8O2.Cl3P.3Li.4Na/c21-18-6-2-16(3-7-18)10-12-20(23-14-1-15-24-20)13-11-17-4-8-19(22)9-5-17;21-27(22)18-6-2-16(3-7-18)10-12-20(25-14-1-15-26-20)13-11-17-4-8-19(9-5-17)28(23)24;1-3-8-18(9-4-1)12-14-20(21-16-7-17-22-20)15-13-19-10-5-2-6-11-19;18-15-7-1-13(2-8-15)5-11-17(20)12-6-14-3-9-16(19)10-4-14;18-15(7-1-13-3-9-16(10-4-13)25(19,20)21)8-2-14-5-11-17(12-6-14)26(22,23)24;1-4(2)3;4-2-1-3-5;1-4(2)3;;;;;;;/h2-13H,1,14-15H2;2-13H,1,14-15H2;3-6,8-15H,7,16-17H2;1-12H;1-12H,(H2,19,20,21)(H2,22,23,24);1-3H3;4-5H,1-3H2;;;;;;;;/q;;-2;;;-1;;;7*+1/p-3/b2*12-10+,13-11+;14-12+,15-13+;11-5+,12-6+;7-1+,8-2+;;;;;;;;;;. The molecular weight excluding hydrogens is 2300 g/mol. The largest absolute Gasteiger partial charge is 1.00 e. The number of rotatable bonds is 26. The van der Waals surface area contributed by atoms with Gasteiger partial charge in [0.15, 0.2) is 17.5 Å². The van der Waals surface area contributed by atoms with Crippen LogP contribution in [0.25, 0.3) is 60.8 Å². The van der Waals surface area contributed by atoms with Crippen molar-refractivity contribution in [3.63, 3.8) is 0 Å². The summed E-state index contributed by atoms with van der Waals surface area (Å²) in [6.45, 7) is 8.21. The van der Waals surface area contributed by atoms with Crippen LogP contribution in [-0.4, -0.2) is 92.0 Å². The van der Waals surface area contributed by atoms with Crippen LogP contribution in [0.3, 0.4) is 0 Å². The number of benzene rings is 10. The van der Waals surface area contributed by atoms with E-state index in [4.69, 9.17) is 117 Å². The summed E-state index contributed by atoms with van der Waals surface area (Å²) in [5.41, 5.74) is 9.50. The minimum Gasteiger partial charge on any atom is -0.807 e. The summed E-state index contributed by atoms with van der Waals surface area (Å²) < 4.78 is 61.5. The predicted molar refractivity (Wildman–Crippen MR) is 567 cm³/mol. The van der Waals surface area contributed by atoms with Crippen LogP contribution < -0.4 is 216 Å².